The van der Waals surface area contributed by atoms with Crippen LogP contribution < -0.4 is 0 Å². The van der Waals surface area contributed by atoms with E-state index in [4.69, 9.17) is 4.42 Å². The number of rotatable bonds is 3. The first-order valence-corrected chi connectivity index (χ1v) is 5.39. The van der Waals surface area contributed by atoms with Crippen molar-refractivity contribution in [1.29, 1.82) is 0 Å². The molecule has 16 heavy (non-hydrogen) atoms. The van der Waals surface area contributed by atoms with Gasteiger partial charge in [0.25, 0.3) is 0 Å². The molecule has 1 aromatic carbocycles. The van der Waals surface area contributed by atoms with Crippen LogP contribution >= 0.6 is 0 Å². The number of carbonyl (C=O) groups is 1. The van der Waals surface area contributed by atoms with Crippen molar-refractivity contribution in [2.75, 3.05) is 0 Å². The van der Waals surface area contributed by atoms with Gasteiger partial charge in [0.2, 0.25) is 0 Å². The van der Waals surface area contributed by atoms with Crippen molar-refractivity contribution in [2.45, 2.75) is 20.3 Å². The average molecular weight is 214 g/mol. The number of furan rings is 1. The molecule has 0 aliphatic rings. The summed E-state index contributed by atoms with van der Waals surface area (Å²) >= 11 is 0. The van der Waals surface area contributed by atoms with Crippen LogP contribution in [0.15, 0.2) is 41.0 Å². The highest BCUT2D eigenvalue weighted by atomic mass is 16.3. The number of hydrogen-bond acceptors (Lipinski definition) is 2. The molecule has 82 valence electrons. The van der Waals surface area contributed by atoms with Gasteiger partial charge in [-0.05, 0) is 25.0 Å². The average Bonchev–Trinajstić information content (AvgIpc) is 2.75. The highest BCUT2D eigenvalue weighted by molar-refractivity contribution is 6.08. The monoisotopic (exact) mass is 214 g/mol. The Morgan fingerprint density at radius 3 is 2.38 bits per heavy atom. The van der Waals surface area contributed by atoms with E-state index in [2.05, 4.69) is 6.92 Å². The van der Waals surface area contributed by atoms with E-state index in [9.17, 15) is 4.79 Å². The van der Waals surface area contributed by atoms with Crippen LogP contribution in [0.4, 0.5) is 0 Å². The lowest BCUT2D eigenvalue weighted by atomic mass is 10.0. The largest absolute Gasteiger partial charge is 0.469 e. The van der Waals surface area contributed by atoms with Gasteiger partial charge < -0.3 is 4.42 Å². The molecule has 0 radical (unpaired) electrons. The fourth-order valence-corrected chi connectivity index (χ4v) is 1.62. The Hall–Kier alpha value is -1.83. The Labute approximate surface area is 94.9 Å². The maximum Gasteiger partial charge on any atom is 0.196 e. The summed E-state index contributed by atoms with van der Waals surface area (Å²) < 4.78 is 5.13. The molecule has 0 atom stereocenters. The van der Waals surface area contributed by atoms with Crippen LogP contribution in [0.25, 0.3) is 0 Å². The van der Waals surface area contributed by atoms with Crippen LogP contribution in [-0.4, -0.2) is 5.78 Å². The minimum atomic E-state index is 0.0134. The number of aryl methyl sites for hydroxylation is 2. The predicted molar refractivity (Wildman–Crippen MR) is 62.7 cm³/mol. The van der Waals surface area contributed by atoms with Crippen molar-refractivity contribution in [3.63, 3.8) is 0 Å². The zero-order valence-electron chi connectivity index (χ0n) is 9.49. The minimum Gasteiger partial charge on any atom is -0.469 e. The van der Waals surface area contributed by atoms with Crippen molar-refractivity contribution in [3.05, 3.63) is 59.0 Å². The molecule has 0 bridgehead atoms. The van der Waals surface area contributed by atoms with E-state index in [1.807, 2.05) is 31.2 Å². The SMILES string of the molecule is CCc1ccc(C(=O)c2coc(C)c2)cc1. The molecule has 0 fully saturated rings. The third kappa shape index (κ3) is 2.06. The molecule has 0 N–H and O–H groups in total. The number of benzene rings is 1. The van der Waals surface area contributed by atoms with Gasteiger partial charge in [0, 0.05) is 5.56 Å². The second-order valence-electron chi connectivity index (χ2n) is 3.83. The number of hydrogen-bond donors (Lipinski definition) is 0. The van der Waals surface area contributed by atoms with Crippen molar-refractivity contribution in [1.82, 2.24) is 0 Å². The summed E-state index contributed by atoms with van der Waals surface area (Å²) in [5.41, 5.74) is 2.56. The molecule has 0 unspecified atom stereocenters. The van der Waals surface area contributed by atoms with Gasteiger partial charge in [-0.1, -0.05) is 31.2 Å². The van der Waals surface area contributed by atoms with Crippen LogP contribution in [0.2, 0.25) is 0 Å². The van der Waals surface area contributed by atoms with Gasteiger partial charge >= 0.3 is 0 Å². The molecular weight excluding hydrogens is 200 g/mol. The van der Waals surface area contributed by atoms with Gasteiger partial charge in [-0.15, -0.1) is 0 Å². The molecular formula is C14H14O2. The molecule has 2 nitrogen and oxygen atoms in total. The summed E-state index contributed by atoms with van der Waals surface area (Å²) in [6.45, 7) is 3.92. The maximum atomic E-state index is 12.0. The van der Waals surface area contributed by atoms with Crippen molar-refractivity contribution in [2.24, 2.45) is 0 Å². The Balaban J connectivity index is 2.27. The second-order valence-corrected chi connectivity index (χ2v) is 3.83. The van der Waals surface area contributed by atoms with Crippen LogP contribution in [0.5, 0.6) is 0 Å². The van der Waals surface area contributed by atoms with Crippen molar-refractivity contribution in [3.8, 4) is 0 Å². The smallest absolute Gasteiger partial charge is 0.196 e. The summed E-state index contributed by atoms with van der Waals surface area (Å²) in [5.74, 6) is 0.771. The quantitative estimate of drug-likeness (QED) is 0.733. The first-order valence-electron chi connectivity index (χ1n) is 5.39. The first-order chi connectivity index (χ1) is 7.70. The minimum absolute atomic E-state index is 0.0134. The number of carbonyl (C=O) groups excluding carboxylic acids is 1. The molecule has 0 aliphatic carbocycles. The van der Waals surface area contributed by atoms with Crippen molar-refractivity contribution < 1.29 is 9.21 Å². The van der Waals surface area contributed by atoms with E-state index in [0.29, 0.717) is 11.1 Å². The lowest BCUT2D eigenvalue weighted by molar-refractivity contribution is 0.103. The van der Waals surface area contributed by atoms with Gasteiger partial charge in [0.15, 0.2) is 5.78 Å². The summed E-state index contributed by atoms with van der Waals surface area (Å²) in [6.07, 6.45) is 2.49. The van der Waals surface area contributed by atoms with E-state index in [1.165, 1.54) is 11.8 Å². The van der Waals surface area contributed by atoms with E-state index in [-0.39, 0.29) is 5.78 Å². The summed E-state index contributed by atoms with van der Waals surface area (Å²) in [4.78, 5) is 12.0. The summed E-state index contributed by atoms with van der Waals surface area (Å²) in [5, 5.41) is 0. The fraction of sp³-hybridized carbons (Fsp3) is 0.214. The fourth-order valence-electron chi connectivity index (χ4n) is 1.62. The Morgan fingerprint density at radius 1 is 1.19 bits per heavy atom. The summed E-state index contributed by atoms with van der Waals surface area (Å²) in [6, 6.07) is 9.46. The third-order valence-electron chi connectivity index (χ3n) is 2.62. The van der Waals surface area contributed by atoms with Gasteiger partial charge in [-0.2, -0.15) is 0 Å². The lowest BCUT2D eigenvalue weighted by Gasteiger charge is -1.99. The third-order valence-corrected chi connectivity index (χ3v) is 2.62. The molecule has 2 heteroatoms. The van der Waals surface area contributed by atoms with Gasteiger partial charge in [-0.25, -0.2) is 0 Å². The lowest BCUT2D eigenvalue weighted by Crippen LogP contribution is -1.99. The standard InChI is InChI=1S/C14H14O2/c1-3-11-4-6-12(7-5-11)14(15)13-8-10(2)16-9-13/h4-9H,3H2,1-2H3. The molecule has 0 amide bonds. The Kier molecular flexibility index (Phi) is 2.91. The molecule has 1 heterocycles. The highest BCUT2D eigenvalue weighted by Gasteiger charge is 2.10. The Bertz CT molecular complexity index is 492. The van der Waals surface area contributed by atoms with Crippen molar-refractivity contribution >= 4 is 5.78 Å². The molecule has 2 rings (SSSR count). The highest BCUT2D eigenvalue weighted by Crippen LogP contribution is 2.13. The second kappa shape index (κ2) is 4.35. The molecule has 0 aliphatic heterocycles. The first kappa shape index (κ1) is 10.7. The van der Waals surface area contributed by atoms with Crippen LogP contribution in [0, 0.1) is 6.92 Å². The van der Waals surface area contributed by atoms with Crippen LogP contribution in [-0.2, 0) is 6.42 Å². The predicted octanol–water partition coefficient (Wildman–Crippen LogP) is 3.38. The molecule has 0 saturated heterocycles. The molecule has 0 saturated carbocycles. The van der Waals surface area contributed by atoms with E-state index in [0.717, 1.165) is 12.2 Å². The van der Waals surface area contributed by atoms with E-state index >= 15 is 0 Å². The maximum absolute atomic E-state index is 12.0. The normalized spacial score (nSPS) is 10.4. The topological polar surface area (TPSA) is 30.2 Å². The van der Waals surface area contributed by atoms with Gasteiger partial charge in [0.1, 0.15) is 12.0 Å². The Morgan fingerprint density at radius 2 is 1.88 bits per heavy atom. The summed E-state index contributed by atoms with van der Waals surface area (Å²) in [7, 11) is 0. The van der Waals surface area contributed by atoms with E-state index < -0.39 is 0 Å². The molecule has 2 aromatic rings. The number of ketones is 1. The van der Waals surface area contributed by atoms with Gasteiger partial charge in [0.05, 0.1) is 5.56 Å². The molecule has 1 aromatic heterocycles. The molecule has 0 spiro atoms. The van der Waals surface area contributed by atoms with Crippen LogP contribution in [0.1, 0.15) is 34.2 Å². The zero-order chi connectivity index (χ0) is 11.5. The zero-order valence-corrected chi connectivity index (χ0v) is 9.49. The van der Waals surface area contributed by atoms with E-state index in [1.54, 1.807) is 6.07 Å². The van der Waals surface area contributed by atoms with Gasteiger partial charge in [-0.3, -0.25) is 4.79 Å². The van der Waals surface area contributed by atoms with Crippen LogP contribution in [0.3, 0.4) is 0 Å².